The first kappa shape index (κ1) is 28.8. The van der Waals surface area contributed by atoms with Crippen molar-refractivity contribution in [3.8, 4) is 0 Å². The third kappa shape index (κ3) is 6.67. The fourth-order valence-electron chi connectivity index (χ4n) is 5.73. The summed E-state index contributed by atoms with van der Waals surface area (Å²) in [5.74, 6) is -0.687. The van der Waals surface area contributed by atoms with Crippen LogP contribution in [0, 0.1) is 0 Å². The van der Waals surface area contributed by atoms with Crippen molar-refractivity contribution in [3.05, 3.63) is 65.7 Å². The quantitative estimate of drug-likeness (QED) is 0.460. The summed E-state index contributed by atoms with van der Waals surface area (Å²) in [5, 5.41) is 5.66. The number of rotatable bonds is 10. The lowest BCUT2D eigenvalue weighted by molar-refractivity contribution is -0.139. The van der Waals surface area contributed by atoms with Crippen molar-refractivity contribution in [2.45, 2.75) is 48.5 Å². The number of piperidine rings is 1. The van der Waals surface area contributed by atoms with E-state index in [0.29, 0.717) is 43.7 Å². The molecule has 2 aliphatic heterocycles. The van der Waals surface area contributed by atoms with Gasteiger partial charge in [0.1, 0.15) is 6.04 Å². The number of benzene rings is 2. The Hall–Kier alpha value is -3.24. The maximum atomic E-state index is 13.7. The van der Waals surface area contributed by atoms with E-state index < -0.39 is 21.3 Å². The summed E-state index contributed by atoms with van der Waals surface area (Å²) in [6.45, 7) is 0.834. The van der Waals surface area contributed by atoms with Crippen molar-refractivity contribution in [1.82, 2.24) is 20.4 Å². The molecule has 210 valence electrons. The Labute approximate surface area is 230 Å². The highest BCUT2D eigenvalue weighted by molar-refractivity contribution is 7.91. The van der Waals surface area contributed by atoms with Crippen molar-refractivity contribution in [3.63, 3.8) is 0 Å². The summed E-state index contributed by atoms with van der Waals surface area (Å²) in [7, 11) is -0.121. The molecule has 2 aliphatic rings. The molecule has 4 rings (SSSR count). The van der Waals surface area contributed by atoms with Crippen molar-refractivity contribution < 1.29 is 22.8 Å². The first-order chi connectivity index (χ1) is 18.6. The van der Waals surface area contributed by atoms with Crippen molar-refractivity contribution in [1.29, 1.82) is 0 Å². The number of fused-ring (bicyclic) bond motifs is 2. The van der Waals surface area contributed by atoms with E-state index in [0.717, 1.165) is 17.5 Å². The number of carbonyl (C=O) groups is 3. The van der Waals surface area contributed by atoms with Gasteiger partial charge in [-0.1, -0.05) is 48.5 Å². The monoisotopic (exact) mass is 554 g/mol. The lowest BCUT2D eigenvalue weighted by Crippen LogP contribution is -2.54. The van der Waals surface area contributed by atoms with Gasteiger partial charge in [-0.15, -0.1) is 0 Å². The largest absolute Gasteiger partial charge is 0.343 e. The number of amides is 3. The lowest BCUT2D eigenvalue weighted by Gasteiger charge is -2.40. The van der Waals surface area contributed by atoms with E-state index in [2.05, 4.69) is 10.6 Å². The summed E-state index contributed by atoms with van der Waals surface area (Å²) in [6.07, 6.45) is 3.06. The van der Waals surface area contributed by atoms with Gasteiger partial charge in [0, 0.05) is 25.6 Å². The Morgan fingerprint density at radius 2 is 1.69 bits per heavy atom. The van der Waals surface area contributed by atoms with Crippen LogP contribution in [0.3, 0.4) is 0 Å². The lowest BCUT2D eigenvalue weighted by atomic mass is 9.74. The van der Waals surface area contributed by atoms with E-state index >= 15 is 0 Å². The second-order valence-electron chi connectivity index (χ2n) is 10.6. The van der Waals surface area contributed by atoms with Crippen molar-refractivity contribution in [2.24, 2.45) is 0 Å². The molecule has 2 N–H and O–H groups in total. The molecule has 39 heavy (non-hydrogen) atoms. The van der Waals surface area contributed by atoms with Crippen LogP contribution in [-0.4, -0.2) is 88.0 Å². The van der Waals surface area contributed by atoms with Crippen LogP contribution in [0.15, 0.2) is 59.5 Å². The molecule has 0 aliphatic carbocycles. The molecule has 0 bridgehead atoms. The zero-order valence-electron chi connectivity index (χ0n) is 22.7. The number of nitrogens with zero attached hydrogens (tertiary/aromatic N) is 2. The van der Waals surface area contributed by atoms with Crippen molar-refractivity contribution in [2.75, 3.05) is 46.0 Å². The molecule has 1 atom stereocenters. The summed E-state index contributed by atoms with van der Waals surface area (Å²) in [4.78, 5) is 42.1. The third-order valence-electron chi connectivity index (χ3n) is 7.86. The fourth-order valence-corrected chi connectivity index (χ4v) is 7.96. The smallest absolute Gasteiger partial charge is 0.245 e. The zero-order chi connectivity index (χ0) is 28.0. The molecule has 3 amide bonds. The van der Waals surface area contributed by atoms with Gasteiger partial charge in [-0.3, -0.25) is 14.4 Å². The number of nitrogens with one attached hydrogen (secondary N) is 2. The van der Waals surface area contributed by atoms with Gasteiger partial charge in [0.2, 0.25) is 17.7 Å². The van der Waals surface area contributed by atoms with E-state index in [1.165, 1.54) is 4.90 Å². The number of carbonyl (C=O) groups excluding carboxylic acids is 3. The van der Waals surface area contributed by atoms with Crippen LogP contribution in [0.4, 0.5) is 0 Å². The molecule has 10 heteroatoms. The van der Waals surface area contributed by atoms with Gasteiger partial charge in [-0.25, -0.2) is 8.42 Å². The van der Waals surface area contributed by atoms with Gasteiger partial charge in [0.25, 0.3) is 0 Å². The molecule has 1 unspecified atom stereocenters. The number of hydrogen-bond donors (Lipinski definition) is 2. The van der Waals surface area contributed by atoms with Gasteiger partial charge < -0.3 is 20.4 Å². The Bertz CT molecular complexity index is 1290. The Kier molecular flexibility index (Phi) is 9.07. The SMILES string of the molecule is CNCC(=O)N(C)CC(=O)NC(CCCc1ccccc1)C(=O)N1CCC2(CC1)CS(=O)(=O)c1ccccc12. The maximum absolute atomic E-state index is 13.7. The zero-order valence-corrected chi connectivity index (χ0v) is 23.5. The summed E-state index contributed by atoms with van der Waals surface area (Å²) in [5.41, 5.74) is 1.54. The topological polar surface area (TPSA) is 116 Å². The van der Waals surface area contributed by atoms with Crippen LogP contribution in [-0.2, 0) is 36.1 Å². The summed E-state index contributed by atoms with van der Waals surface area (Å²) >= 11 is 0. The summed E-state index contributed by atoms with van der Waals surface area (Å²) in [6, 6.07) is 16.5. The molecule has 1 saturated heterocycles. The second kappa shape index (κ2) is 12.3. The molecule has 2 heterocycles. The van der Waals surface area contributed by atoms with E-state index in [4.69, 9.17) is 0 Å². The molecule has 0 radical (unpaired) electrons. The number of likely N-dealkylation sites (tertiary alicyclic amines) is 1. The average Bonchev–Trinajstić information content (AvgIpc) is 3.14. The molecule has 2 aromatic carbocycles. The highest BCUT2D eigenvalue weighted by Gasteiger charge is 2.49. The van der Waals surface area contributed by atoms with E-state index in [1.54, 1.807) is 31.1 Å². The second-order valence-corrected chi connectivity index (χ2v) is 12.6. The highest BCUT2D eigenvalue weighted by Crippen LogP contribution is 2.46. The first-order valence-corrected chi connectivity index (χ1v) is 15.1. The van der Waals surface area contributed by atoms with Gasteiger partial charge >= 0.3 is 0 Å². The number of hydrogen-bond acceptors (Lipinski definition) is 6. The van der Waals surface area contributed by atoms with Crippen LogP contribution >= 0.6 is 0 Å². The van der Waals surface area contributed by atoms with Gasteiger partial charge in [0.05, 0.1) is 23.7 Å². The van der Waals surface area contributed by atoms with Crippen LogP contribution < -0.4 is 10.6 Å². The van der Waals surface area contributed by atoms with Crippen LogP contribution in [0.1, 0.15) is 36.8 Å². The first-order valence-electron chi connectivity index (χ1n) is 13.5. The molecule has 9 nitrogen and oxygen atoms in total. The number of sulfone groups is 1. The predicted molar refractivity (Wildman–Crippen MR) is 149 cm³/mol. The molecular formula is C29H38N4O5S. The normalized spacial score (nSPS) is 17.8. The van der Waals surface area contributed by atoms with E-state index in [9.17, 15) is 22.8 Å². The number of aryl methyl sites for hydroxylation is 1. The molecule has 0 aromatic heterocycles. The van der Waals surface area contributed by atoms with Crippen LogP contribution in [0.2, 0.25) is 0 Å². The standard InChI is InChI=1S/C29H38N4O5S/c1-30-19-27(35)32(2)20-26(34)31-24(13-8-11-22-9-4-3-5-10-22)28(36)33-17-15-29(16-18-33)21-39(37,38)25-14-7-6-12-23(25)29/h3-7,9-10,12,14,24,30H,8,11,13,15-21H2,1-2H3,(H,31,34). The van der Waals surface area contributed by atoms with Gasteiger partial charge in [0.15, 0.2) is 9.84 Å². The number of likely N-dealkylation sites (N-methyl/N-ethyl adjacent to an activating group) is 2. The maximum Gasteiger partial charge on any atom is 0.245 e. The average molecular weight is 555 g/mol. The van der Waals surface area contributed by atoms with Gasteiger partial charge in [-0.05, 0) is 56.3 Å². The third-order valence-corrected chi connectivity index (χ3v) is 9.82. The highest BCUT2D eigenvalue weighted by atomic mass is 32.2. The molecular weight excluding hydrogens is 516 g/mol. The minimum absolute atomic E-state index is 0.0750. The Balaban J connectivity index is 1.42. The van der Waals surface area contributed by atoms with Crippen molar-refractivity contribution >= 4 is 27.6 Å². The molecule has 1 fully saturated rings. The fraction of sp³-hybridized carbons (Fsp3) is 0.483. The van der Waals surface area contributed by atoms with Crippen LogP contribution in [0.25, 0.3) is 0 Å². The Morgan fingerprint density at radius 3 is 2.38 bits per heavy atom. The van der Waals surface area contributed by atoms with Gasteiger partial charge in [-0.2, -0.15) is 0 Å². The molecule has 1 spiro atoms. The predicted octanol–water partition coefficient (Wildman–Crippen LogP) is 1.52. The molecule has 0 saturated carbocycles. The van der Waals surface area contributed by atoms with E-state index in [-0.39, 0.29) is 36.6 Å². The minimum atomic E-state index is -3.34. The Morgan fingerprint density at radius 1 is 1.03 bits per heavy atom. The summed E-state index contributed by atoms with van der Waals surface area (Å²) < 4.78 is 25.6. The van der Waals surface area contributed by atoms with Crippen LogP contribution in [0.5, 0.6) is 0 Å². The minimum Gasteiger partial charge on any atom is -0.343 e. The van der Waals surface area contributed by atoms with E-state index in [1.807, 2.05) is 42.5 Å². The molecule has 2 aromatic rings.